The van der Waals surface area contributed by atoms with Gasteiger partial charge in [-0.2, -0.15) is 0 Å². The first-order chi connectivity index (χ1) is 13.3. The predicted octanol–water partition coefficient (Wildman–Crippen LogP) is 1.51. The maximum absolute atomic E-state index is 11.6. The quantitative estimate of drug-likeness (QED) is 0.395. The molecule has 0 aliphatic heterocycles. The highest BCUT2D eigenvalue weighted by molar-refractivity contribution is 5.89. The Balaban J connectivity index is 1.85. The number of phenols is 2. The average Bonchev–Trinajstić information content (AvgIpc) is 2.66. The normalized spacial score (nSPS) is 12.8. The number of carboxylic acid groups (broad SMARTS) is 1. The molecule has 9 heteroatoms. The van der Waals surface area contributed by atoms with Crippen molar-refractivity contribution in [2.75, 3.05) is 6.54 Å². The van der Waals surface area contributed by atoms with E-state index in [0.717, 1.165) is 17.7 Å². The third-order valence-corrected chi connectivity index (χ3v) is 3.97. The fraction of sp³-hybridized carbons (Fsp3) is 0.263. The monoisotopic (exact) mass is 391 g/mol. The molecule has 2 aromatic carbocycles. The van der Waals surface area contributed by atoms with Crippen LogP contribution in [0.25, 0.3) is 0 Å². The van der Waals surface area contributed by atoms with Gasteiger partial charge in [-0.25, -0.2) is 9.59 Å². The molecule has 2 unspecified atom stereocenters. The number of aliphatic hydroxyl groups is 2. The molecule has 0 saturated heterocycles. The van der Waals surface area contributed by atoms with Crippen molar-refractivity contribution in [2.45, 2.75) is 25.2 Å². The number of carboxylic acids is 1. The van der Waals surface area contributed by atoms with Crippen molar-refractivity contribution in [3.8, 4) is 11.5 Å². The maximum atomic E-state index is 11.6. The number of carbonyl (C=O) groups is 2. The molecule has 2 rings (SSSR count). The lowest BCUT2D eigenvalue weighted by Gasteiger charge is -2.20. The SMILES string of the molecule is O=C(NCCC(O)C(O)c1c(O)cc(C(=O)O)cc1O)OCc1ccccc1. The van der Waals surface area contributed by atoms with Crippen molar-refractivity contribution in [3.05, 3.63) is 59.2 Å². The van der Waals surface area contributed by atoms with Gasteiger partial charge in [0.2, 0.25) is 0 Å². The highest BCUT2D eigenvalue weighted by Crippen LogP contribution is 2.36. The minimum absolute atomic E-state index is 0.0411. The summed E-state index contributed by atoms with van der Waals surface area (Å²) in [6, 6.07) is 10.7. The number of benzene rings is 2. The van der Waals surface area contributed by atoms with Gasteiger partial charge in [0.15, 0.2) is 0 Å². The molecule has 0 bridgehead atoms. The van der Waals surface area contributed by atoms with Gasteiger partial charge in [0, 0.05) is 6.54 Å². The second-order valence-electron chi connectivity index (χ2n) is 6.02. The maximum Gasteiger partial charge on any atom is 0.407 e. The minimum Gasteiger partial charge on any atom is -0.507 e. The topological polar surface area (TPSA) is 157 Å². The molecule has 0 aliphatic carbocycles. The minimum atomic E-state index is -1.69. The van der Waals surface area contributed by atoms with Gasteiger partial charge in [0.25, 0.3) is 0 Å². The lowest BCUT2D eigenvalue weighted by molar-refractivity contribution is 0.0110. The molecule has 0 spiro atoms. The number of phenolic OH excluding ortho intramolecular Hbond substituents is 2. The lowest BCUT2D eigenvalue weighted by atomic mass is 9.98. The second kappa shape index (κ2) is 9.58. The van der Waals surface area contributed by atoms with Crippen molar-refractivity contribution in [1.29, 1.82) is 0 Å². The molecule has 150 valence electrons. The summed E-state index contributed by atoms with van der Waals surface area (Å²) in [6.07, 6.45) is -3.95. The molecular weight excluding hydrogens is 370 g/mol. The first-order valence-electron chi connectivity index (χ1n) is 8.39. The fourth-order valence-electron chi connectivity index (χ4n) is 2.50. The van der Waals surface area contributed by atoms with Gasteiger partial charge in [-0.15, -0.1) is 0 Å². The largest absolute Gasteiger partial charge is 0.507 e. The number of aliphatic hydroxyl groups excluding tert-OH is 2. The van der Waals surface area contributed by atoms with Crippen LogP contribution in [0.1, 0.15) is 34.0 Å². The van der Waals surface area contributed by atoms with Crippen LogP contribution < -0.4 is 5.32 Å². The summed E-state index contributed by atoms with van der Waals surface area (Å²) in [5, 5.41) is 51.2. The molecule has 0 radical (unpaired) electrons. The van der Waals surface area contributed by atoms with Crippen LogP contribution in [0.2, 0.25) is 0 Å². The molecule has 6 N–H and O–H groups in total. The summed E-state index contributed by atoms with van der Waals surface area (Å²) < 4.78 is 5.00. The van der Waals surface area contributed by atoms with Crippen LogP contribution in [-0.2, 0) is 11.3 Å². The average molecular weight is 391 g/mol. The van der Waals surface area contributed by atoms with Gasteiger partial charge < -0.3 is 35.6 Å². The van der Waals surface area contributed by atoms with E-state index >= 15 is 0 Å². The van der Waals surface area contributed by atoms with E-state index in [1.54, 1.807) is 12.1 Å². The van der Waals surface area contributed by atoms with Gasteiger partial charge in [0.1, 0.15) is 24.2 Å². The van der Waals surface area contributed by atoms with Crippen LogP contribution in [0, 0.1) is 0 Å². The molecule has 1 amide bonds. The van der Waals surface area contributed by atoms with E-state index in [9.17, 15) is 30.0 Å². The number of nitrogens with one attached hydrogen (secondary N) is 1. The number of amides is 1. The van der Waals surface area contributed by atoms with Crippen molar-refractivity contribution in [1.82, 2.24) is 5.32 Å². The predicted molar refractivity (Wildman–Crippen MR) is 96.9 cm³/mol. The molecule has 0 aliphatic rings. The Bertz CT molecular complexity index is 801. The van der Waals surface area contributed by atoms with Crippen LogP contribution in [0.15, 0.2) is 42.5 Å². The third kappa shape index (κ3) is 5.60. The number of aromatic carboxylic acids is 1. The van der Waals surface area contributed by atoms with Crippen LogP contribution >= 0.6 is 0 Å². The first-order valence-corrected chi connectivity index (χ1v) is 8.39. The second-order valence-corrected chi connectivity index (χ2v) is 6.02. The third-order valence-electron chi connectivity index (χ3n) is 3.97. The Morgan fingerprint density at radius 2 is 1.64 bits per heavy atom. The Labute approximate surface area is 160 Å². The van der Waals surface area contributed by atoms with Crippen molar-refractivity contribution < 1.29 is 39.9 Å². The summed E-state index contributed by atoms with van der Waals surface area (Å²) in [5.74, 6) is -2.70. The molecule has 2 aromatic rings. The summed E-state index contributed by atoms with van der Waals surface area (Å²) >= 11 is 0. The Hall–Kier alpha value is -3.30. The first kappa shape index (κ1) is 21.0. The molecule has 9 nitrogen and oxygen atoms in total. The molecular formula is C19H21NO8. The molecule has 0 saturated carbocycles. The van der Waals surface area contributed by atoms with Gasteiger partial charge in [-0.3, -0.25) is 0 Å². The van der Waals surface area contributed by atoms with E-state index in [-0.39, 0.29) is 25.1 Å². The van der Waals surface area contributed by atoms with E-state index in [4.69, 9.17) is 9.84 Å². The van der Waals surface area contributed by atoms with E-state index in [0.29, 0.717) is 0 Å². The number of hydrogen-bond donors (Lipinski definition) is 6. The molecule has 0 aromatic heterocycles. The van der Waals surface area contributed by atoms with Crippen LogP contribution in [0.5, 0.6) is 11.5 Å². The van der Waals surface area contributed by atoms with Gasteiger partial charge >= 0.3 is 12.1 Å². The molecule has 0 heterocycles. The van der Waals surface area contributed by atoms with Gasteiger partial charge in [-0.1, -0.05) is 30.3 Å². The van der Waals surface area contributed by atoms with Crippen molar-refractivity contribution in [3.63, 3.8) is 0 Å². The standard InChI is InChI=1S/C19H21NO8/c21-13(6-7-20-19(27)28-10-11-4-2-1-3-5-11)17(24)16-14(22)8-12(18(25)26)9-15(16)23/h1-5,8-9,13,17,21-24H,6-7,10H2,(H,20,27)(H,25,26). The number of carbonyl (C=O) groups excluding carboxylic acids is 1. The highest BCUT2D eigenvalue weighted by atomic mass is 16.5. The van der Waals surface area contributed by atoms with Gasteiger partial charge in [0.05, 0.1) is 17.2 Å². The number of rotatable bonds is 8. The molecule has 0 fully saturated rings. The smallest absolute Gasteiger partial charge is 0.407 e. The highest BCUT2D eigenvalue weighted by Gasteiger charge is 2.26. The van der Waals surface area contributed by atoms with E-state index in [1.165, 1.54) is 0 Å². The van der Waals surface area contributed by atoms with Crippen LogP contribution in [-0.4, -0.2) is 50.2 Å². The molecule has 2 atom stereocenters. The lowest BCUT2D eigenvalue weighted by Crippen LogP contribution is -2.29. The number of hydrogen-bond acceptors (Lipinski definition) is 7. The molecule has 28 heavy (non-hydrogen) atoms. The zero-order valence-electron chi connectivity index (χ0n) is 14.8. The Morgan fingerprint density at radius 1 is 1.04 bits per heavy atom. The van der Waals surface area contributed by atoms with Crippen molar-refractivity contribution >= 4 is 12.1 Å². The Morgan fingerprint density at radius 3 is 2.21 bits per heavy atom. The summed E-state index contributed by atoms with van der Waals surface area (Å²) in [5.41, 5.74) is 0.0382. The summed E-state index contributed by atoms with van der Waals surface area (Å²) in [7, 11) is 0. The number of aromatic hydroxyl groups is 2. The Kier molecular flexibility index (Phi) is 7.19. The van der Waals surface area contributed by atoms with E-state index in [2.05, 4.69) is 5.32 Å². The summed E-state index contributed by atoms with van der Waals surface area (Å²) in [4.78, 5) is 22.5. The van der Waals surface area contributed by atoms with Crippen LogP contribution in [0.3, 0.4) is 0 Å². The zero-order chi connectivity index (χ0) is 20.7. The van der Waals surface area contributed by atoms with E-state index < -0.39 is 41.3 Å². The number of ether oxygens (including phenoxy) is 1. The van der Waals surface area contributed by atoms with Gasteiger partial charge in [-0.05, 0) is 24.1 Å². The zero-order valence-corrected chi connectivity index (χ0v) is 14.8. The van der Waals surface area contributed by atoms with E-state index in [1.807, 2.05) is 18.2 Å². The van der Waals surface area contributed by atoms with Crippen LogP contribution in [0.4, 0.5) is 4.79 Å². The number of alkyl carbamates (subject to hydrolysis) is 1. The van der Waals surface area contributed by atoms with Crippen molar-refractivity contribution in [2.24, 2.45) is 0 Å². The summed E-state index contributed by atoms with van der Waals surface area (Å²) in [6.45, 7) is 0.0378. The fourth-order valence-corrected chi connectivity index (χ4v) is 2.50.